The highest BCUT2D eigenvalue weighted by Gasteiger charge is 2.14. The van der Waals surface area contributed by atoms with Crippen molar-refractivity contribution < 1.29 is 9.49 Å². The van der Waals surface area contributed by atoms with Gasteiger partial charge in [-0.15, -0.1) is 0 Å². The summed E-state index contributed by atoms with van der Waals surface area (Å²) in [5.74, 6) is 0.793. The molecular formula is C14H13N4O2+. The highest BCUT2D eigenvalue weighted by Crippen LogP contribution is 2.25. The fourth-order valence-corrected chi connectivity index (χ4v) is 2.20. The van der Waals surface area contributed by atoms with E-state index in [-0.39, 0.29) is 5.69 Å². The molecule has 0 radical (unpaired) electrons. The summed E-state index contributed by atoms with van der Waals surface area (Å²) in [4.78, 5) is 15.0. The minimum absolute atomic E-state index is 0.0755. The summed E-state index contributed by atoms with van der Waals surface area (Å²) in [5, 5.41) is 10.8. The maximum absolute atomic E-state index is 10.8. The number of benzene rings is 1. The minimum Gasteiger partial charge on any atom is -0.327 e. The van der Waals surface area contributed by atoms with Gasteiger partial charge in [-0.3, -0.25) is 10.1 Å². The number of imidazole rings is 1. The van der Waals surface area contributed by atoms with Gasteiger partial charge in [-0.1, -0.05) is 0 Å². The average Bonchev–Trinajstić information content (AvgIpc) is 2.76. The molecule has 0 aliphatic carbocycles. The molecular weight excluding hydrogens is 256 g/mol. The largest absolute Gasteiger partial charge is 0.327 e. The molecule has 0 saturated heterocycles. The molecule has 0 bridgehead atoms. The van der Waals surface area contributed by atoms with Crippen LogP contribution in [0.4, 0.5) is 5.69 Å². The van der Waals surface area contributed by atoms with Crippen LogP contribution < -0.4 is 4.57 Å². The van der Waals surface area contributed by atoms with Crippen molar-refractivity contribution in [1.82, 2.24) is 9.55 Å². The molecule has 0 unspecified atom stereocenters. The zero-order chi connectivity index (χ0) is 14.3. The lowest BCUT2D eigenvalue weighted by atomic mass is 10.2. The van der Waals surface area contributed by atoms with Gasteiger partial charge >= 0.3 is 0 Å². The van der Waals surface area contributed by atoms with Gasteiger partial charge in [0.05, 0.1) is 16.0 Å². The molecule has 1 aromatic carbocycles. The fourth-order valence-electron chi connectivity index (χ4n) is 2.20. The van der Waals surface area contributed by atoms with Gasteiger partial charge in [0.25, 0.3) is 5.69 Å². The first kappa shape index (κ1) is 12.3. The van der Waals surface area contributed by atoms with Crippen LogP contribution in [-0.4, -0.2) is 14.5 Å². The molecule has 100 valence electrons. The van der Waals surface area contributed by atoms with Gasteiger partial charge in [0.2, 0.25) is 0 Å². The van der Waals surface area contributed by atoms with Crippen molar-refractivity contribution >= 4 is 16.7 Å². The maximum Gasteiger partial charge on any atom is 0.271 e. The molecule has 20 heavy (non-hydrogen) atoms. The van der Waals surface area contributed by atoms with Crippen LogP contribution in [0.15, 0.2) is 42.7 Å². The summed E-state index contributed by atoms with van der Waals surface area (Å²) in [7, 11) is 3.81. The van der Waals surface area contributed by atoms with Crippen molar-refractivity contribution in [1.29, 1.82) is 0 Å². The van der Waals surface area contributed by atoms with Gasteiger partial charge in [-0.2, -0.15) is 0 Å². The normalized spacial score (nSPS) is 10.9. The molecule has 2 aromatic heterocycles. The number of nitro groups is 1. The quantitative estimate of drug-likeness (QED) is 0.406. The Kier molecular flexibility index (Phi) is 2.71. The number of aromatic nitrogens is 3. The molecule has 0 saturated carbocycles. The van der Waals surface area contributed by atoms with Gasteiger partial charge in [0.15, 0.2) is 12.4 Å². The van der Waals surface area contributed by atoms with Crippen LogP contribution in [0, 0.1) is 10.1 Å². The van der Waals surface area contributed by atoms with Crippen molar-refractivity contribution in [3.8, 4) is 11.4 Å². The first-order chi connectivity index (χ1) is 9.56. The van der Waals surface area contributed by atoms with E-state index >= 15 is 0 Å². The predicted molar refractivity (Wildman–Crippen MR) is 74.0 cm³/mol. The van der Waals surface area contributed by atoms with Crippen LogP contribution in [0.3, 0.4) is 0 Å². The molecule has 0 N–H and O–H groups in total. The molecule has 6 nitrogen and oxygen atoms in total. The zero-order valence-corrected chi connectivity index (χ0v) is 11.1. The Labute approximate surface area is 115 Å². The van der Waals surface area contributed by atoms with Crippen LogP contribution in [0.5, 0.6) is 0 Å². The number of aryl methyl sites for hydroxylation is 2. The Hall–Kier alpha value is -2.76. The summed E-state index contributed by atoms with van der Waals surface area (Å²) in [6, 6.07) is 8.64. The van der Waals surface area contributed by atoms with Gasteiger partial charge in [-0.25, -0.2) is 9.55 Å². The molecule has 0 aliphatic heterocycles. The van der Waals surface area contributed by atoms with Crippen LogP contribution >= 0.6 is 0 Å². The van der Waals surface area contributed by atoms with Crippen LogP contribution in [0.2, 0.25) is 0 Å². The highest BCUT2D eigenvalue weighted by atomic mass is 16.6. The number of fused-ring (bicyclic) bond motifs is 1. The minimum atomic E-state index is -0.394. The lowest BCUT2D eigenvalue weighted by molar-refractivity contribution is -0.671. The predicted octanol–water partition coefficient (Wildman–Crippen LogP) is 1.97. The third-order valence-corrected chi connectivity index (χ3v) is 3.31. The van der Waals surface area contributed by atoms with E-state index < -0.39 is 4.92 Å². The number of nitrogens with zero attached hydrogens (tertiary/aromatic N) is 4. The molecule has 3 aromatic rings. The smallest absolute Gasteiger partial charge is 0.271 e. The van der Waals surface area contributed by atoms with Crippen molar-refractivity contribution in [2.45, 2.75) is 0 Å². The number of pyridine rings is 1. The molecule has 0 fully saturated rings. The summed E-state index contributed by atoms with van der Waals surface area (Å²) >= 11 is 0. The monoisotopic (exact) mass is 269 g/mol. The molecule has 2 heterocycles. The fraction of sp³-hybridized carbons (Fsp3) is 0.143. The van der Waals surface area contributed by atoms with Gasteiger partial charge in [0, 0.05) is 36.9 Å². The van der Waals surface area contributed by atoms with Crippen molar-refractivity contribution in [2.75, 3.05) is 0 Å². The van der Waals surface area contributed by atoms with E-state index in [2.05, 4.69) is 4.98 Å². The van der Waals surface area contributed by atoms with Crippen LogP contribution in [0.1, 0.15) is 0 Å². The number of hydrogen-bond donors (Lipinski definition) is 0. The highest BCUT2D eigenvalue weighted by molar-refractivity contribution is 5.82. The second-order valence-electron chi connectivity index (χ2n) is 4.68. The second kappa shape index (κ2) is 4.41. The van der Waals surface area contributed by atoms with E-state index in [0.29, 0.717) is 0 Å². The Bertz CT molecular complexity index is 806. The van der Waals surface area contributed by atoms with E-state index in [1.165, 1.54) is 6.07 Å². The Morgan fingerprint density at radius 2 is 1.95 bits per heavy atom. The third kappa shape index (κ3) is 1.91. The van der Waals surface area contributed by atoms with E-state index in [1.54, 1.807) is 12.1 Å². The first-order valence-corrected chi connectivity index (χ1v) is 6.13. The first-order valence-electron chi connectivity index (χ1n) is 6.13. The summed E-state index contributed by atoms with van der Waals surface area (Å²) in [5.41, 5.74) is 2.56. The van der Waals surface area contributed by atoms with Crippen molar-refractivity contribution in [2.24, 2.45) is 14.1 Å². The van der Waals surface area contributed by atoms with Crippen molar-refractivity contribution in [3.05, 3.63) is 52.8 Å². The lowest BCUT2D eigenvalue weighted by Crippen LogP contribution is -2.25. The summed E-state index contributed by atoms with van der Waals surface area (Å²) in [6.45, 7) is 0. The van der Waals surface area contributed by atoms with E-state index in [1.807, 2.05) is 47.8 Å². The number of nitro benzene ring substituents is 1. The van der Waals surface area contributed by atoms with E-state index in [4.69, 9.17) is 0 Å². The Morgan fingerprint density at radius 3 is 2.60 bits per heavy atom. The molecule has 0 aliphatic rings. The van der Waals surface area contributed by atoms with E-state index in [9.17, 15) is 10.1 Å². The summed E-state index contributed by atoms with van der Waals surface area (Å²) < 4.78 is 3.81. The lowest BCUT2D eigenvalue weighted by Gasteiger charge is -2.01. The Balaban J connectivity index is 2.20. The number of rotatable bonds is 2. The number of non-ortho nitro benzene ring substituents is 1. The average molecular weight is 269 g/mol. The second-order valence-corrected chi connectivity index (χ2v) is 4.68. The zero-order valence-electron chi connectivity index (χ0n) is 11.1. The summed E-state index contributed by atoms with van der Waals surface area (Å²) in [6.07, 6.45) is 3.88. The molecule has 6 heteroatoms. The van der Waals surface area contributed by atoms with Gasteiger partial charge in [-0.05, 0) is 6.07 Å². The van der Waals surface area contributed by atoms with Gasteiger partial charge < -0.3 is 4.57 Å². The SMILES string of the molecule is Cn1c(-c2cc[n+](C)cc2)nc2ccc([N+](=O)[O-])cc21. The Morgan fingerprint density at radius 1 is 1.25 bits per heavy atom. The molecule has 0 spiro atoms. The molecule has 0 amide bonds. The topological polar surface area (TPSA) is 64.8 Å². The van der Waals surface area contributed by atoms with Gasteiger partial charge in [0.1, 0.15) is 12.9 Å². The maximum atomic E-state index is 10.8. The molecule has 0 atom stereocenters. The van der Waals surface area contributed by atoms with E-state index in [0.717, 1.165) is 22.4 Å². The van der Waals surface area contributed by atoms with Crippen LogP contribution in [0.25, 0.3) is 22.4 Å². The van der Waals surface area contributed by atoms with Crippen LogP contribution in [-0.2, 0) is 14.1 Å². The standard InChI is InChI=1S/C14H13N4O2/c1-16-7-5-10(6-8-16)14-15-12-4-3-11(18(19)20)9-13(12)17(14)2/h3-9H,1-2H3/q+1. The number of hydrogen-bond acceptors (Lipinski definition) is 3. The third-order valence-electron chi connectivity index (χ3n) is 3.31. The molecule has 3 rings (SSSR count). The van der Waals surface area contributed by atoms with Crippen molar-refractivity contribution in [3.63, 3.8) is 0 Å².